The van der Waals surface area contributed by atoms with E-state index in [2.05, 4.69) is 9.97 Å². The number of carbonyl (C=O) groups is 2. The number of aromatic amines is 1. The van der Waals surface area contributed by atoms with Gasteiger partial charge < -0.3 is 15.5 Å². The van der Waals surface area contributed by atoms with E-state index in [1.807, 2.05) is 26.0 Å². The molecule has 3 N–H and O–H groups in total. The van der Waals surface area contributed by atoms with Crippen molar-refractivity contribution in [3.8, 4) is 5.75 Å². The van der Waals surface area contributed by atoms with E-state index in [4.69, 9.17) is 10.5 Å². The maximum absolute atomic E-state index is 13.7. The first kappa shape index (κ1) is 24.0. The third kappa shape index (κ3) is 4.73. The number of Topliss-reactive ketones (excluding diaryl/α,β-unsaturated/α-hetero) is 1. The number of nitro groups is 1. The molecule has 4 rings (SSSR count). The van der Waals surface area contributed by atoms with E-state index >= 15 is 0 Å². The third-order valence-corrected chi connectivity index (χ3v) is 6.91. The lowest BCUT2D eigenvalue weighted by atomic mass is 9.99. The molecule has 0 aliphatic rings. The summed E-state index contributed by atoms with van der Waals surface area (Å²) in [7, 11) is 1.52. The minimum atomic E-state index is -1.02. The number of primary amides is 1. The van der Waals surface area contributed by atoms with Crippen LogP contribution >= 0.6 is 11.8 Å². The van der Waals surface area contributed by atoms with Crippen LogP contribution in [0.1, 0.15) is 42.7 Å². The normalized spacial score (nSPS) is 11.9. The second kappa shape index (κ2) is 9.59. The molecule has 10 heteroatoms. The van der Waals surface area contributed by atoms with Crippen LogP contribution in [0.15, 0.2) is 59.8 Å². The van der Waals surface area contributed by atoms with Gasteiger partial charge >= 0.3 is 0 Å². The van der Waals surface area contributed by atoms with Gasteiger partial charge in [0.2, 0.25) is 5.91 Å². The second-order valence-electron chi connectivity index (χ2n) is 7.93. The molecule has 0 spiro atoms. The van der Waals surface area contributed by atoms with Crippen molar-refractivity contribution >= 4 is 40.2 Å². The predicted molar refractivity (Wildman–Crippen MR) is 133 cm³/mol. The van der Waals surface area contributed by atoms with E-state index in [9.17, 15) is 19.7 Å². The molecule has 9 nitrogen and oxygen atoms in total. The summed E-state index contributed by atoms with van der Waals surface area (Å²) in [6.07, 6.45) is 0. The number of hydrogen-bond acceptors (Lipinski definition) is 7. The first-order valence-electron chi connectivity index (χ1n) is 10.6. The van der Waals surface area contributed by atoms with E-state index in [0.29, 0.717) is 16.5 Å². The molecule has 1 heterocycles. The fraction of sp³-hybridized carbons (Fsp3) is 0.160. The Labute approximate surface area is 204 Å². The van der Waals surface area contributed by atoms with Crippen LogP contribution in [-0.2, 0) is 0 Å². The van der Waals surface area contributed by atoms with Crippen LogP contribution in [0.2, 0.25) is 0 Å². The monoisotopic (exact) mass is 490 g/mol. The van der Waals surface area contributed by atoms with Crippen LogP contribution in [0.25, 0.3) is 11.0 Å². The number of rotatable bonds is 8. The number of carbonyl (C=O) groups excluding carboxylic acids is 2. The third-order valence-electron chi connectivity index (χ3n) is 5.79. The summed E-state index contributed by atoms with van der Waals surface area (Å²) in [6, 6.07) is 14.2. The van der Waals surface area contributed by atoms with Crippen LogP contribution in [0, 0.1) is 24.0 Å². The number of fused-ring (bicyclic) bond motifs is 1. The maximum Gasteiger partial charge on any atom is 0.275 e. The van der Waals surface area contributed by atoms with Gasteiger partial charge in [-0.15, -0.1) is 0 Å². The molecule has 0 aliphatic carbocycles. The SMILES string of the molecule is COc1ccc(C(=O)C(Sc2nc3c(C)c(C)ccc3[nH]2)c2ccc(C(N)=O)cc2[N+](=O)[O-])cc1. The van der Waals surface area contributed by atoms with Crippen molar-refractivity contribution in [2.45, 2.75) is 24.3 Å². The number of aryl methyl sites for hydroxylation is 2. The smallest absolute Gasteiger partial charge is 0.275 e. The molecule has 4 aromatic rings. The molecule has 0 saturated carbocycles. The number of ether oxygens (including phenoxy) is 1. The van der Waals surface area contributed by atoms with Gasteiger partial charge in [-0.2, -0.15) is 0 Å². The molecule has 1 atom stereocenters. The van der Waals surface area contributed by atoms with Gasteiger partial charge in [0.1, 0.15) is 11.0 Å². The van der Waals surface area contributed by atoms with Crippen molar-refractivity contribution in [3.05, 3.63) is 92.5 Å². The zero-order valence-corrected chi connectivity index (χ0v) is 20.0. The highest BCUT2D eigenvalue weighted by molar-refractivity contribution is 8.00. The lowest BCUT2D eigenvalue weighted by Crippen LogP contribution is -2.15. The predicted octanol–water partition coefficient (Wildman–Crippen LogP) is 4.91. The summed E-state index contributed by atoms with van der Waals surface area (Å²) in [5, 5.41) is 11.3. The highest BCUT2D eigenvalue weighted by Gasteiger charge is 2.32. The Balaban J connectivity index is 1.84. The Bertz CT molecular complexity index is 1460. The summed E-state index contributed by atoms with van der Waals surface area (Å²) < 4.78 is 5.17. The Kier molecular flexibility index (Phi) is 6.57. The maximum atomic E-state index is 13.7. The van der Waals surface area contributed by atoms with Crippen LogP contribution in [0.5, 0.6) is 5.75 Å². The summed E-state index contributed by atoms with van der Waals surface area (Å²) in [4.78, 5) is 44.4. The summed E-state index contributed by atoms with van der Waals surface area (Å²) in [5.74, 6) is -0.583. The number of hydrogen-bond donors (Lipinski definition) is 2. The Morgan fingerprint density at radius 1 is 1.09 bits per heavy atom. The number of amides is 1. The molecule has 0 aliphatic heterocycles. The molecule has 3 aromatic carbocycles. The summed E-state index contributed by atoms with van der Waals surface area (Å²) in [6.45, 7) is 3.94. The van der Waals surface area contributed by atoms with Crippen molar-refractivity contribution < 1.29 is 19.2 Å². The Hall–Kier alpha value is -4.18. The van der Waals surface area contributed by atoms with E-state index in [1.165, 1.54) is 19.2 Å². The molecule has 0 bridgehead atoms. The molecule has 1 amide bonds. The van der Waals surface area contributed by atoms with Gasteiger partial charge in [-0.1, -0.05) is 17.8 Å². The number of H-pyrrole nitrogens is 1. The zero-order valence-electron chi connectivity index (χ0n) is 19.2. The fourth-order valence-corrected chi connectivity index (χ4v) is 4.81. The number of thioether (sulfide) groups is 1. The number of imidazole rings is 1. The van der Waals surface area contributed by atoms with Gasteiger partial charge in [-0.05, 0) is 67.4 Å². The van der Waals surface area contributed by atoms with E-state index in [-0.39, 0.29) is 22.6 Å². The number of methoxy groups -OCH3 is 1. The van der Waals surface area contributed by atoms with Crippen molar-refractivity contribution in [3.63, 3.8) is 0 Å². The highest BCUT2D eigenvalue weighted by atomic mass is 32.2. The van der Waals surface area contributed by atoms with Gasteiger partial charge in [0, 0.05) is 17.2 Å². The van der Waals surface area contributed by atoms with E-state index in [1.54, 1.807) is 24.3 Å². The molecule has 1 unspecified atom stereocenters. The summed E-state index contributed by atoms with van der Waals surface area (Å²) >= 11 is 1.07. The zero-order chi connectivity index (χ0) is 25.3. The van der Waals surface area contributed by atoms with Crippen LogP contribution in [-0.4, -0.2) is 33.7 Å². The van der Waals surface area contributed by atoms with Gasteiger partial charge in [0.15, 0.2) is 10.9 Å². The molecule has 35 heavy (non-hydrogen) atoms. The Morgan fingerprint density at radius 2 is 1.77 bits per heavy atom. The second-order valence-corrected chi connectivity index (χ2v) is 9.02. The van der Waals surface area contributed by atoms with Crippen molar-refractivity contribution in [2.24, 2.45) is 5.73 Å². The molecular weight excluding hydrogens is 468 g/mol. The number of nitrogens with one attached hydrogen (secondary N) is 1. The van der Waals surface area contributed by atoms with Gasteiger partial charge in [-0.3, -0.25) is 19.7 Å². The molecule has 0 fully saturated rings. The van der Waals surface area contributed by atoms with Crippen LogP contribution < -0.4 is 10.5 Å². The average molecular weight is 491 g/mol. The lowest BCUT2D eigenvalue weighted by Gasteiger charge is -2.16. The first-order chi connectivity index (χ1) is 16.7. The highest BCUT2D eigenvalue weighted by Crippen LogP contribution is 2.41. The van der Waals surface area contributed by atoms with Gasteiger partial charge in [-0.25, -0.2) is 4.98 Å². The minimum Gasteiger partial charge on any atom is -0.497 e. The molecule has 1 aromatic heterocycles. The standard InChI is InChI=1S/C25H22N4O5S/c1-13-4-11-19-21(14(13)2)28-25(27-19)35-23(22(30)15-5-8-17(34-3)9-6-15)18-10-7-16(24(26)31)12-20(18)29(32)33/h4-12,23H,1-3H3,(H2,26,31)(H,27,28). The lowest BCUT2D eigenvalue weighted by molar-refractivity contribution is -0.385. The number of nitro benzene ring substituents is 1. The van der Waals surface area contributed by atoms with Crippen LogP contribution in [0.4, 0.5) is 5.69 Å². The average Bonchev–Trinajstić information content (AvgIpc) is 3.27. The van der Waals surface area contributed by atoms with Crippen molar-refractivity contribution in [2.75, 3.05) is 7.11 Å². The molecular formula is C25H22N4O5S. The number of nitrogens with two attached hydrogens (primary N) is 1. The van der Waals surface area contributed by atoms with Crippen LogP contribution in [0.3, 0.4) is 0 Å². The van der Waals surface area contributed by atoms with E-state index in [0.717, 1.165) is 40.0 Å². The molecule has 178 valence electrons. The quantitative estimate of drug-likeness (QED) is 0.155. The first-order valence-corrected chi connectivity index (χ1v) is 11.5. The topological polar surface area (TPSA) is 141 Å². The largest absolute Gasteiger partial charge is 0.497 e. The number of benzene rings is 3. The number of aromatic nitrogens is 2. The summed E-state index contributed by atoms with van der Waals surface area (Å²) in [5.41, 5.74) is 9.05. The van der Waals surface area contributed by atoms with Gasteiger partial charge in [0.25, 0.3) is 5.69 Å². The Morgan fingerprint density at radius 3 is 2.40 bits per heavy atom. The number of nitrogens with zero attached hydrogens (tertiary/aromatic N) is 2. The molecule has 0 radical (unpaired) electrons. The van der Waals surface area contributed by atoms with Crippen molar-refractivity contribution in [1.29, 1.82) is 0 Å². The molecule has 0 saturated heterocycles. The van der Waals surface area contributed by atoms with Crippen molar-refractivity contribution in [1.82, 2.24) is 9.97 Å². The van der Waals surface area contributed by atoms with E-state index < -0.39 is 16.1 Å². The number of ketones is 1. The van der Waals surface area contributed by atoms with Gasteiger partial charge in [0.05, 0.1) is 28.6 Å². The fourth-order valence-electron chi connectivity index (χ4n) is 3.70. The minimum absolute atomic E-state index is 0.0177.